The van der Waals surface area contributed by atoms with Crippen molar-refractivity contribution in [2.24, 2.45) is 5.92 Å². The van der Waals surface area contributed by atoms with Crippen molar-refractivity contribution >= 4 is 23.0 Å². The molecule has 0 radical (unpaired) electrons. The molecular formula is C17H21NO2S. The largest absolute Gasteiger partial charge is 0.334 e. The maximum atomic E-state index is 12.9. The number of carbonyl (C=O) groups is 2. The van der Waals surface area contributed by atoms with Gasteiger partial charge in [-0.25, -0.2) is 0 Å². The number of nitrogens with zero attached hydrogens (tertiary/aromatic N) is 1. The zero-order valence-corrected chi connectivity index (χ0v) is 13.1. The molecule has 1 amide bonds. The Hall–Kier alpha value is -1.16. The van der Waals surface area contributed by atoms with Gasteiger partial charge < -0.3 is 4.90 Å². The molecule has 1 aliphatic heterocycles. The number of thiophene rings is 1. The summed E-state index contributed by atoms with van der Waals surface area (Å²) in [6, 6.07) is 2.28. The molecule has 4 heteroatoms. The van der Waals surface area contributed by atoms with Crippen LogP contribution in [0.5, 0.6) is 0 Å². The van der Waals surface area contributed by atoms with Gasteiger partial charge in [-0.3, -0.25) is 9.59 Å². The molecule has 0 aromatic carbocycles. The lowest BCUT2D eigenvalue weighted by atomic mass is 9.95. The molecule has 1 aromatic rings. The lowest BCUT2D eigenvalue weighted by molar-refractivity contribution is -0.121. The molecule has 3 nitrogen and oxygen atoms in total. The number of carbonyl (C=O) groups excluding carboxylic acids is 2. The Morgan fingerprint density at radius 1 is 1.14 bits per heavy atom. The van der Waals surface area contributed by atoms with Crippen LogP contribution >= 0.6 is 11.3 Å². The predicted octanol–water partition coefficient (Wildman–Crippen LogP) is 3.21. The number of amides is 1. The molecule has 1 saturated heterocycles. The highest BCUT2D eigenvalue weighted by atomic mass is 32.1. The monoisotopic (exact) mass is 303 g/mol. The molecule has 2 atom stereocenters. The van der Waals surface area contributed by atoms with E-state index in [4.69, 9.17) is 0 Å². The van der Waals surface area contributed by atoms with Crippen LogP contribution in [0.3, 0.4) is 0 Å². The maximum absolute atomic E-state index is 12.9. The van der Waals surface area contributed by atoms with Crippen molar-refractivity contribution < 1.29 is 9.59 Å². The molecule has 21 heavy (non-hydrogen) atoms. The van der Waals surface area contributed by atoms with E-state index < -0.39 is 0 Å². The Morgan fingerprint density at radius 3 is 2.81 bits per heavy atom. The fourth-order valence-corrected chi connectivity index (χ4v) is 5.50. The number of hydrogen-bond acceptors (Lipinski definition) is 3. The topological polar surface area (TPSA) is 37.4 Å². The minimum absolute atomic E-state index is 0.114. The summed E-state index contributed by atoms with van der Waals surface area (Å²) < 4.78 is 0. The zero-order chi connectivity index (χ0) is 14.4. The van der Waals surface area contributed by atoms with Gasteiger partial charge in [0.05, 0.1) is 4.88 Å². The molecule has 4 rings (SSSR count). The number of rotatable bonds is 2. The van der Waals surface area contributed by atoms with Gasteiger partial charge in [-0.1, -0.05) is 0 Å². The highest BCUT2D eigenvalue weighted by Crippen LogP contribution is 2.36. The standard InChI is InChI=1S/C17H21NO2S/c19-14-7-2-5-12(14)13-6-3-9-18(13)17(20)16-10-11-4-1-8-15(11)21-16/h10,12-13H,1-9H2. The average Bonchev–Trinajstić information content (AvgIpc) is 3.20. The Balaban J connectivity index is 1.56. The molecule has 2 aliphatic carbocycles. The summed E-state index contributed by atoms with van der Waals surface area (Å²) in [5.41, 5.74) is 1.39. The molecule has 1 aromatic heterocycles. The van der Waals surface area contributed by atoms with Crippen LogP contribution in [0, 0.1) is 5.92 Å². The lowest BCUT2D eigenvalue weighted by Gasteiger charge is -2.28. The van der Waals surface area contributed by atoms with Crippen LogP contribution in [0.1, 0.15) is 58.6 Å². The molecular weight excluding hydrogens is 282 g/mol. The molecule has 2 fully saturated rings. The number of Topliss-reactive ketones (excluding diaryl/α,β-unsaturated/α-hetero) is 1. The van der Waals surface area contributed by atoms with E-state index in [0.717, 1.165) is 56.4 Å². The van der Waals surface area contributed by atoms with Crippen molar-refractivity contribution in [2.45, 2.75) is 57.4 Å². The van der Waals surface area contributed by atoms with Crippen molar-refractivity contribution in [1.29, 1.82) is 0 Å². The van der Waals surface area contributed by atoms with Crippen LogP contribution in [0.15, 0.2) is 6.07 Å². The summed E-state index contributed by atoms with van der Waals surface area (Å²) in [7, 11) is 0. The van der Waals surface area contributed by atoms with Gasteiger partial charge in [0, 0.05) is 29.8 Å². The quantitative estimate of drug-likeness (QED) is 0.841. The molecule has 2 unspecified atom stereocenters. The summed E-state index contributed by atoms with van der Waals surface area (Å²) in [6.07, 6.45) is 8.26. The number of fused-ring (bicyclic) bond motifs is 1. The molecule has 3 aliphatic rings. The Morgan fingerprint density at radius 2 is 2.05 bits per heavy atom. The van der Waals surface area contributed by atoms with Crippen LogP contribution in [0.2, 0.25) is 0 Å². The average molecular weight is 303 g/mol. The van der Waals surface area contributed by atoms with E-state index in [0.29, 0.717) is 5.78 Å². The highest BCUT2D eigenvalue weighted by Gasteiger charge is 2.40. The van der Waals surface area contributed by atoms with E-state index in [9.17, 15) is 9.59 Å². The maximum Gasteiger partial charge on any atom is 0.264 e. The number of ketones is 1. The van der Waals surface area contributed by atoms with Gasteiger partial charge in [-0.05, 0) is 56.6 Å². The van der Waals surface area contributed by atoms with Crippen LogP contribution in [0.4, 0.5) is 0 Å². The van der Waals surface area contributed by atoms with Crippen molar-refractivity contribution in [3.63, 3.8) is 0 Å². The highest BCUT2D eigenvalue weighted by molar-refractivity contribution is 7.14. The molecule has 2 heterocycles. The van der Waals surface area contributed by atoms with Gasteiger partial charge in [0.2, 0.25) is 0 Å². The first-order valence-corrected chi connectivity index (χ1v) is 9.01. The fraction of sp³-hybridized carbons (Fsp3) is 0.647. The summed E-state index contributed by atoms with van der Waals surface area (Å²) in [4.78, 5) is 29.2. The lowest BCUT2D eigenvalue weighted by Crippen LogP contribution is -2.41. The number of aryl methyl sites for hydroxylation is 2. The number of likely N-dealkylation sites (tertiary alicyclic amines) is 1. The SMILES string of the molecule is O=C1CCCC1C1CCCN1C(=O)c1cc2c(s1)CCC2. The Labute approximate surface area is 129 Å². The second-order valence-electron chi connectivity index (χ2n) is 6.59. The molecule has 112 valence electrons. The third-order valence-corrected chi connectivity index (χ3v) is 6.56. The molecule has 1 saturated carbocycles. The first-order valence-electron chi connectivity index (χ1n) is 8.19. The zero-order valence-electron chi connectivity index (χ0n) is 12.3. The van der Waals surface area contributed by atoms with Gasteiger partial charge in [0.15, 0.2) is 0 Å². The van der Waals surface area contributed by atoms with E-state index >= 15 is 0 Å². The van der Waals surface area contributed by atoms with Crippen LogP contribution < -0.4 is 0 Å². The van der Waals surface area contributed by atoms with E-state index in [-0.39, 0.29) is 17.9 Å². The van der Waals surface area contributed by atoms with E-state index in [1.54, 1.807) is 11.3 Å². The van der Waals surface area contributed by atoms with Gasteiger partial charge in [-0.15, -0.1) is 11.3 Å². The minimum atomic E-state index is 0.114. The van der Waals surface area contributed by atoms with Crippen LogP contribution in [-0.4, -0.2) is 29.2 Å². The summed E-state index contributed by atoms with van der Waals surface area (Å²) in [5, 5.41) is 0. The van der Waals surface area contributed by atoms with Gasteiger partial charge in [0.25, 0.3) is 5.91 Å². The second kappa shape index (κ2) is 5.24. The van der Waals surface area contributed by atoms with Crippen LogP contribution in [0.25, 0.3) is 0 Å². The van der Waals surface area contributed by atoms with Gasteiger partial charge in [0.1, 0.15) is 5.78 Å². The van der Waals surface area contributed by atoms with E-state index in [2.05, 4.69) is 6.07 Å². The second-order valence-corrected chi connectivity index (χ2v) is 7.72. The predicted molar refractivity (Wildman–Crippen MR) is 82.8 cm³/mol. The van der Waals surface area contributed by atoms with Crippen molar-refractivity contribution in [3.05, 3.63) is 21.4 Å². The molecule has 0 N–H and O–H groups in total. The van der Waals surface area contributed by atoms with Gasteiger partial charge in [-0.2, -0.15) is 0 Å². The normalized spacial score (nSPS) is 28.4. The number of hydrogen-bond donors (Lipinski definition) is 0. The molecule has 0 bridgehead atoms. The first-order chi connectivity index (χ1) is 10.2. The van der Waals surface area contributed by atoms with E-state index in [1.807, 2.05) is 4.90 Å². The third kappa shape index (κ3) is 2.24. The third-order valence-electron chi connectivity index (χ3n) is 5.33. The summed E-state index contributed by atoms with van der Waals surface area (Å²) in [6.45, 7) is 0.829. The Bertz CT molecular complexity index is 570. The molecule has 0 spiro atoms. The summed E-state index contributed by atoms with van der Waals surface area (Å²) in [5.74, 6) is 0.674. The summed E-state index contributed by atoms with van der Waals surface area (Å²) >= 11 is 1.69. The first kappa shape index (κ1) is 13.5. The fourth-order valence-electron chi connectivity index (χ4n) is 4.29. The van der Waals surface area contributed by atoms with Crippen molar-refractivity contribution in [2.75, 3.05) is 6.54 Å². The Kier molecular flexibility index (Phi) is 3.37. The van der Waals surface area contributed by atoms with Crippen molar-refractivity contribution in [1.82, 2.24) is 4.90 Å². The van der Waals surface area contributed by atoms with Crippen molar-refractivity contribution in [3.8, 4) is 0 Å². The smallest absolute Gasteiger partial charge is 0.264 e. The minimum Gasteiger partial charge on any atom is -0.334 e. The van der Waals surface area contributed by atoms with Gasteiger partial charge >= 0.3 is 0 Å². The van der Waals surface area contributed by atoms with E-state index in [1.165, 1.54) is 16.9 Å². The van der Waals surface area contributed by atoms with Crippen LogP contribution in [-0.2, 0) is 17.6 Å².